The molecule has 32 heavy (non-hydrogen) atoms. The minimum Gasteiger partial charge on any atom is -0.348 e. The summed E-state index contributed by atoms with van der Waals surface area (Å²) < 4.78 is 28.9. The molecule has 4 rings (SSSR count). The first-order chi connectivity index (χ1) is 15.3. The van der Waals surface area contributed by atoms with E-state index in [1.807, 2.05) is 37.4 Å². The molecule has 2 heterocycles. The van der Waals surface area contributed by atoms with Gasteiger partial charge in [0.15, 0.2) is 11.6 Å². The average molecular weight is 434 g/mol. The summed E-state index contributed by atoms with van der Waals surface area (Å²) in [5, 5.41) is 3.72. The number of amides is 1. The van der Waals surface area contributed by atoms with Crippen molar-refractivity contribution in [2.24, 2.45) is 0 Å². The number of carbonyl (C=O) groups is 1. The third-order valence-corrected chi connectivity index (χ3v) is 5.52. The SMILES string of the molecule is Cc1cc2c(C(=O)NCc3ccc(F)c(F)c3)c(C(C)C)n(Cc3ccccc3)c2cn1. The molecular weight excluding hydrogens is 408 g/mol. The number of aryl methyl sites for hydroxylation is 1. The average Bonchev–Trinajstić information content (AvgIpc) is 3.08. The van der Waals surface area contributed by atoms with Gasteiger partial charge >= 0.3 is 0 Å². The van der Waals surface area contributed by atoms with Gasteiger partial charge in [-0.1, -0.05) is 50.2 Å². The van der Waals surface area contributed by atoms with E-state index in [-0.39, 0.29) is 18.4 Å². The molecule has 4 nitrogen and oxygen atoms in total. The number of halogens is 2. The van der Waals surface area contributed by atoms with Gasteiger partial charge in [-0.05, 0) is 42.2 Å². The third kappa shape index (κ3) is 4.26. The van der Waals surface area contributed by atoms with Gasteiger partial charge in [0.25, 0.3) is 5.91 Å². The Labute approximate surface area is 185 Å². The zero-order valence-corrected chi connectivity index (χ0v) is 18.3. The van der Waals surface area contributed by atoms with Crippen molar-refractivity contribution in [3.63, 3.8) is 0 Å². The van der Waals surface area contributed by atoms with Crippen LogP contribution in [0.5, 0.6) is 0 Å². The lowest BCUT2D eigenvalue weighted by Crippen LogP contribution is -2.24. The van der Waals surface area contributed by atoms with E-state index < -0.39 is 11.6 Å². The zero-order valence-electron chi connectivity index (χ0n) is 18.3. The number of hydrogen-bond acceptors (Lipinski definition) is 2. The van der Waals surface area contributed by atoms with Crippen molar-refractivity contribution >= 4 is 16.8 Å². The Morgan fingerprint density at radius 3 is 2.47 bits per heavy atom. The molecule has 0 spiro atoms. The van der Waals surface area contributed by atoms with Crippen LogP contribution in [0.25, 0.3) is 10.9 Å². The van der Waals surface area contributed by atoms with Crippen molar-refractivity contribution in [2.45, 2.75) is 39.8 Å². The second kappa shape index (κ2) is 8.91. The molecule has 0 saturated heterocycles. The predicted molar refractivity (Wildman–Crippen MR) is 122 cm³/mol. The Balaban J connectivity index is 1.76. The largest absolute Gasteiger partial charge is 0.348 e. The Morgan fingerprint density at radius 1 is 1.03 bits per heavy atom. The molecule has 1 N–H and O–H groups in total. The van der Waals surface area contributed by atoms with Crippen molar-refractivity contribution in [3.05, 3.63) is 101 Å². The Hall–Kier alpha value is -3.54. The maximum Gasteiger partial charge on any atom is 0.254 e. The smallest absolute Gasteiger partial charge is 0.254 e. The van der Waals surface area contributed by atoms with Crippen LogP contribution in [0.3, 0.4) is 0 Å². The first kappa shape index (κ1) is 21.7. The second-order valence-electron chi connectivity index (χ2n) is 8.26. The molecule has 2 aromatic heterocycles. The summed E-state index contributed by atoms with van der Waals surface area (Å²) in [7, 11) is 0. The van der Waals surface area contributed by atoms with E-state index in [0.29, 0.717) is 17.7 Å². The van der Waals surface area contributed by atoms with E-state index in [9.17, 15) is 13.6 Å². The van der Waals surface area contributed by atoms with Crippen molar-refractivity contribution in [1.82, 2.24) is 14.9 Å². The Kier molecular flexibility index (Phi) is 6.04. The third-order valence-electron chi connectivity index (χ3n) is 5.52. The number of pyridine rings is 1. The van der Waals surface area contributed by atoms with Gasteiger partial charge in [0.1, 0.15) is 0 Å². The molecule has 2 aromatic carbocycles. The molecule has 0 aliphatic heterocycles. The number of rotatable bonds is 6. The summed E-state index contributed by atoms with van der Waals surface area (Å²) in [5.74, 6) is -2.01. The highest BCUT2D eigenvalue weighted by Crippen LogP contribution is 2.32. The molecule has 0 saturated carbocycles. The molecule has 0 unspecified atom stereocenters. The molecule has 0 aliphatic rings. The van der Waals surface area contributed by atoms with Gasteiger partial charge in [0, 0.05) is 29.9 Å². The molecule has 164 valence electrons. The Bertz CT molecular complexity index is 1280. The normalized spacial score (nSPS) is 11.3. The number of aromatic nitrogens is 2. The molecule has 0 atom stereocenters. The number of fused-ring (bicyclic) bond motifs is 1. The monoisotopic (exact) mass is 433 g/mol. The topological polar surface area (TPSA) is 46.9 Å². The van der Waals surface area contributed by atoms with Gasteiger partial charge in [0.2, 0.25) is 0 Å². The first-order valence-electron chi connectivity index (χ1n) is 10.6. The van der Waals surface area contributed by atoms with Gasteiger partial charge in [-0.3, -0.25) is 9.78 Å². The summed E-state index contributed by atoms with van der Waals surface area (Å²) in [6.07, 6.45) is 1.81. The highest BCUT2D eigenvalue weighted by Gasteiger charge is 2.25. The molecule has 4 aromatic rings. The van der Waals surface area contributed by atoms with Gasteiger partial charge in [0.05, 0.1) is 17.3 Å². The van der Waals surface area contributed by atoms with Crippen molar-refractivity contribution in [2.75, 3.05) is 0 Å². The number of carbonyl (C=O) groups excluding carboxylic acids is 1. The molecule has 0 bridgehead atoms. The molecule has 0 aliphatic carbocycles. The Morgan fingerprint density at radius 2 is 1.78 bits per heavy atom. The van der Waals surface area contributed by atoms with Crippen LogP contribution >= 0.6 is 0 Å². The summed E-state index contributed by atoms with van der Waals surface area (Å²) in [5.41, 5.74) is 4.84. The number of nitrogens with one attached hydrogen (secondary N) is 1. The van der Waals surface area contributed by atoms with Crippen molar-refractivity contribution in [3.8, 4) is 0 Å². The fraction of sp³-hybridized carbons (Fsp3) is 0.231. The van der Waals surface area contributed by atoms with E-state index in [1.165, 1.54) is 6.07 Å². The van der Waals surface area contributed by atoms with E-state index in [4.69, 9.17) is 0 Å². The van der Waals surface area contributed by atoms with Gasteiger partial charge in [-0.15, -0.1) is 0 Å². The van der Waals surface area contributed by atoms with Crippen molar-refractivity contribution < 1.29 is 13.6 Å². The summed E-state index contributed by atoms with van der Waals surface area (Å²) in [6, 6.07) is 15.6. The van der Waals surface area contributed by atoms with E-state index in [2.05, 4.69) is 40.8 Å². The van der Waals surface area contributed by atoms with Crippen LogP contribution in [-0.4, -0.2) is 15.5 Å². The lowest BCUT2D eigenvalue weighted by Gasteiger charge is -2.15. The van der Waals surface area contributed by atoms with E-state index in [1.54, 1.807) is 0 Å². The van der Waals surface area contributed by atoms with Crippen LogP contribution < -0.4 is 5.32 Å². The van der Waals surface area contributed by atoms with Crippen LogP contribution in [0.15, 0.2) is 60.8 Å². The van der Waals surface area contributed by atoms with Gasteiger partial charge < -0.3 is 9.88 Å². The fourth-order valence-electron chi connectivity index (χ4n) is 4.07. The number of benzene rings is 2. The maximum absolute atomic E-state index is 13.6. The summed E-state index contributed by atoms with van der Waals surface area (Å²) in [6.45, 7) is 6.73. The van der Waals surface area contributed by atoms with Gasteiger partial charge in [-0.2, -0.15) is 0 Å². The standard InChI is InChI=1S/C26H25F2N3O/c1-16(2)25-24(26(32)30-13-19-9-10-21(27)22(28)12-19)20-11-17(3)29-14-23(20)31(25)15-18-7-5-4-6-8-18/h4-12,14,16H,13,15H2,1-3H3,(H,30,32). The molecule has 1 amide bonds. The predicted octanol–water partition coefficient (Wildman–Crippen LogP) is 5.72. The molecular formula is C26H25F2N3O. The molecule has 0 radical (unpaired) electrons. The zero-order chi connectivity index (χ0) is 22.8. The fourth-order valence-corrected chi connectivity index (χ4v) is 4.07. The molecule has 0 fully saturated rings. The van der Waals surface area contributed by atoms with Crippen LogP contribution in [0, 0.1) is 18.6 Å². The minimum atomic E-state index is -0.930. The van der Waals surface area contributed by atoms with Gasteiger partial charge in [-0.25, -0.2) is 8.78 Å². The lowest BCUT2D eigenvalue weighted by molar-refractivity contribution is 0.0951. The lowest BCUT2D eigenvalue weighted by atomic mass is 10.0. The van der Waals surface area contributed by atoms with E-state index >= 15 is 0 Å². The highest BCUT2D eigenvalue weighted by molar-refractivity contribution is 6.08. The number of hydrogen-bond donors (Lipinski definition) is 1. The van der Waals surface area contributed by atoms with E-state index in [0.717, 1.165) is 40.0 Å². The maximum atomic E-state index is 13.6. The quantitative estimate of drug-likeness (QED) is 0.422. The second-order valence-corrected chi connectivity index (χ2v) is 8.26. The first-order valence-corrected chi connectivity index (χ1v) is 10.6. The summed E-state index contributed by atoms with van der Waals surface area (Å²) >= 11 is 0. The minimum absolute atomic E-state index is 0.0791. The highest BCUT2D eigenvalue weighted by atomic mass is 19.2. The summed E-state index contributed by atoms with van der Waals surface area (Å²) in [4.78, 5) is 17.8. The van der Waals surface area contributed by atoms with Crippen LogP contribution in [0.1, 0.15) is 52.6 Å². The van der Waals surface area contributed by atoms with Crippen molar-refractivity contribution in [1.29, 1.82) is 0 Å². The number of nitrogens with zero attached hydrogens (tertiary/aromatic N) is 2. The van der Waals surface area contributed by atoms with Crippen LogP contribution in [0.2, 0.25) is 0 Å². The van der Waals surface area contributed by atoms with Crippen LogP contribution in [0.4, 0.5) is 8.78 Å². The van der Waals surface area contributed by atoms with Crippen LogP contribution in [-0.2, 0) is 13.1 Å². The molecule has 6 heteroatoms.